The van der Waals surface area contributed by atoms with Gasteiger partial charge in [0.25, 0.3) is 0 Å². The van der Waals surface area contributed by atoms with Crippen LogP contribution in [0.3, 0.4) is 0 Å². The maximum Gasteiger partial charge on any atom is 0.107 e. The van der Waals surface area contributed by atoms with E-state index in [0.29, 0.717) is 5.92 Å². The molecule has 0 aliphatic heterocycles. The van der Waals surface area contributed by atoms with Gasteiger partial charge in [0.1, 0.15) is 5.82 Å². The Kier molecular flexibility index (Phi) is 4.78. The number of aromatic amines is 1. The summed E-state index contributed by atoms with van der Waals surface area (Å²) in [6.45, 7) is 6.48. The van der Waals surface area contributed by atoms with Crippen LogP contribution in [0.25, 0.3) is 17.1 Å². The Morgan fingerprint density at radius 3 is 2.67 bits per heavy atom. The van der Waals surface area contributed by atoms with Gasteiger partial charge in [-0.1, -0.05) is 45.8 Å². The maximum absolute atomic E-state index is 4.65. The van der Waals surface area contributed by atoms with Crippen molar-refractivity contribution in [3.8, 4) is 0 Å². The van der Waals surface area contributed by atoms with Crippen LogP contribution in [0.1, 0.15) is 63.0 Å². The number of pyridine rings is 1. The summed E-state index contributed by atoms with van der Waals surface area (Å²) in [4.78, 5) is 12.6. The lowest BCUT2D eigenvalue weighted by Gasteiger charge is -2.08. The number of unbranched alkanes of at least 4 members (excludes halogenated alkanes) is 1. The number of H-pyrrole nitrogens is 1. The third kappa shape index (κ3) is 2.86. The van der Waals surface area contributed by atoms with Crippen LogP contribution in [0.4, 0.5) is 0 Å². The minimum atomic E-state index is 0. The third-order valence-corrected chi connectivity index (χ3v) is 4.18. The van der Waals surface area contributed by atoms with Crippen LogP contribution in [-0.2, 0) is 6.42 Å². The van der Waals surface area contributed by atoms with E-state index in [9.17, 15) is 0 Å². The highest BCUT2D eigenvalue weighted by atomic mass is 14.9. The average molecular weight is 286 g/mol. The Morgan fingerprint density at radius 2 is 2.00 bits per heavy atom. The summed E-state index contributed by atoms with van der Waals surface area (Å²) in [6.07, 6.45) is 11.3. The number of hydrogen-bond donors (Lipinski definition) is 2. The van der Waals surface area contributed by atoms with Crippen molar-refractivity contribution in [1.82, 2.24) is 21.1 Å². The van der Waals surface area contributed by atoms with Crippen molar-refractivity contribution in [2.75, 3.05) is 0 Å². The molecule has 4 rings (SSSR count). The fourth-order valence-electron chi connectivity index (χ4n) is 2.65. The number of hydrogen-bond acceptors (Lipinski definition) is 3. The first-order valence-corrected chi connectivity index (χ1v) is 7.84. The molecule has 2 unspecified atom stereocenters. The van der Waals surface area contributed by atoms with Crippen molar-refractivity contribution in [1.29, 1.82) is 0 Å². The van der Waals surface area contributed by atoms with Crippen molar-refractivity contribution in [3.05, 3.63) is 29.4 Å². The minimum Gasteiger partial charge on any atom is -0.344 e. The highest BCUT2D eigenvalue weighted by molar-refractivity contribution is 5.86. The highest BCUT2D eigenvalue weighted by Crippen LogP contribution is 2.52. The Morgan fingerprint density at radius 1 is 1.24 bits per heavy atom. The second-order valence-corrected chi connectivity index (χ2v) is 5.72. The van der Waals surface area contributed by atoms with Crippen LogP contribution in [0.5, 0.6) is 0 Å². The predicted molar refractivity (Wildman–Crippen MR) is 88.8 cm³/mol. The molecule has 4 heteroatoms. The van der Waals surface area contributed by atoms with Gasteiger partial charge in [-0.2, -0.15) is 0 Å². The topological polar surface area (TPSA) is 76.6 Å². The number of allylic oxidation sites excluding steroid dienone is 1. The van der Waals surface area contributed by atoms with E-state index >= 15 is 0 Å². The molecule has 2 aliphatic carbocycles. The quantitative estimate of drug-likeness (QED) is 0.845. The molecule has 2 aromatic heterocycles. The lowest BCUT2D eigenvalue weighted by Crippen LogP contribution is -1.97. The number of rotatable bonds is 2. The number of imidazole rings is 1. The fourth-order valence-corrected chi connectivity index (χ4v) is 2.65. The second kappa shape index (κ2) is 6.39. The van der Waals surface area contributed by atoms with E-state index in [1.54, 1.807) is 0 Å². The lowest BCUT2D eigenvalue weighted by atomic mass is 10.0. The molecule has 0 radical (unpaired) electrons. The maximum atomic E-state index is 4.65. The molecule has 4 nitrogen and oxygen atoms in total. The van der Waals surface area contributed by atoms with Gasteiger partial charge in [0, 0.05) is 17.9 Å². The average Bonchev–Trinajstić information content (AvgIpc) is 3.17. The van der Waals surface area contributed by atoms with Crippen molar-refractivity contribution in [2.45, 2.75) is 52.4 Å². The zero-order valence-electron chi connectivity index (χ0n) is 13.3. The van der Waals surface area contributed by atoms with E-state index in [1.165, 1.54) is 30.5 Å². The molecule has 0 spiro atoms. The van der Waals surface area contributed by atoms with Crippen LogP contribution in [0.15, 0.2) is 12.3 Å². The summed E-state index contributed by atoms with van der Waals surface area (Å²) in [5.41, 5.74) is 4.67. The minimum absolute atomic E-state index is 0. The van der Waals surface area contributed by atoms with Gasteiger partial charge in [0.2, 0.25) is 0 Å². The molecule has 0 bridgehead atoms. The molecule has 114 valence electrons. The monoisotopic (exact) mass is 286 g/mol. The van der Waals surface area contributed by atoms with Crippen molar-refractivity contribution >= 4 is 17.1 Å². The number of nitrogens with zero attached hydrogens (tertiary/aromatic N) is 2. The van der Waals surface area contributed by atoms with E-state index in [2.05, 4.69) is 47.9 Å². The van der Waals surface area contributed by atoms with Gasteiger partial charge in [-0.25, -0.2) is 4.98 Å². The zero-order chi connectivity index (χ0) is 14.1. The van der Waals surface area contributed by atoms with Crippen LogP contribution >= 0.6 is 0 Å². The Labute approximate surface area is 126 Å². The molecule has 4 N–H and O–H groups in total. The van der Waals surface area contributed by atoms with Crippen molar-refractivity contribution in [3.63, 3.8) is 0 Å². The first kappa shape index (κ1) is 15.7. The molecule has 2 heterocycles. The fraction of sp³-hybridized carbons (Fsp3) is 0.529. The number of nitrogens with one attached hydrogen (secondary N) is 1. The molecule has 0 aromatic carbocycles. The summed E-state index contributed by atoms with van der Waals surface area (Å²) in [7, 11) is 0. The van der Waals surface area contributed by atoms with E-state index in [1.807, 2.05) is 6.20 Å². The zero-order valence-corrected chi connectivity index (χ0v) is 13.3. The van der Waals surface area contributed by atoms with Gasteiger partial charge < -0.3 is 11.1 Å². The molecule has 1 fully saturated rings. The molecule has 21 heavy (non-hydrogen) atoms. The molecule has 0 saturated heterocycles. The van der Waals surface area contributed by atoms with Crippen LogP contribution in [0, 0.1) is 5.92 Å². The molecule has 2 atom stereocenters. The Bertz CT molecular complexity index is 640. The highest BCUT2D eigenvalue weighted by Gasteiger charge is 2.41. The SMILES string of the molecule is CCCC.CCc1nc2c3c(ncc2[nH]1)C1CC1C=C3.N. The molecular formula is C17H26N4. The summed E-state index contributed by atoms with van der Waals surface area (Å²) in [6, 6.07) is 0. The summed E-state index contributed by atoms with van der Waals surface area (Å²) in [5, 5.41) is 0. The molecule has 2 aromatic rings. The van der Waals surface area contributed by atoms with Gasteiger partial charge in [0.05, 0.1) is 22.9 Å². The smallest absolute Gasteiger partial charge is 0.107 e. The van der Waals surface area contributed by atoms with Gasteiger partial charge in [-0.3, -0.25) is 4.98 Å². The van der Waals surface area contributed by atoms with E-state index < -0.39 is 0 Å². The lowest BCUT2D eigenvalue weighted by molar-refractivity contribution is 0.886. The number of aromatic nitrogens is 3. The normalized spacial score (nSPS) is 20.9. The summed E-state index contributed by atoms with van der Waals surface area (Å²) < 4.78 is 0. The first-order chi connectivity index (χ1) is 9.78. The third-order valence-electron chi connectivity index (χ3n) is 4.18. The Balaban J connectivity index is 0.000000292. The van der Waals surface area contributed by atoms with Gasteiger partial charge in [0.15, 0.2) is 0 Å². The summed E-state index contributed by atoms with van der Waals surface area (Å²) in [5.74, 6) is 2.48. The van der Waals surface area contributed by atoms with Gasteiger partial charge >= 0.3 is 0 Å². The molecular weight excluding hydrogens is 260 g/mol. The standard InChI is InChI=1S/C13H13N3.C4H10.H3N/c1-2-11-15-10-6-14-12-8(13(10)16-11)4-3-7-5-9(7)12;1-3-4-2;/h3-4,6-7,9H,2,5H2,1H3,(H,15,16);3-4H2,1-2H3;1H3. The summed E-state index contributed by atoms with van der Waals surface area (Å²) >= 11 is 0. The molecule has 1 saturated carbocycles. The second-order valence-electron chi connectivity index (χ2n) is 5.72. The van der Waals surface area contributed by atoms with E-state index in [-0.39, 0.29) is 6.15 Å². The predicted octanol–water partition coefficient (Wildman–Crippen LogP) is 4.62. The van der Waals surface area contributed by atoms with E-state index in [0.717, 1.165) is 29.2 Å². The van der Waals surface area contributed by atoms with Gasteiger partial charge in [-0.05, 0) is 12.3 Å². The number of aryl methyl sites for hydroxylation is 1. The van der Waals surface area contributed by atoms with Gasteiger partial charge in [-0.15, -0.1) is 0 Å². The number of fused-ring (bicyclic) bond motifs is 5. The van der Waals surface area contributed by atoms with Crippen LogP contribution in [-0.4, -0.2) is 15.0 Å². The first-order valence-electron chi connectivity index (χ1n) is 7.84. The van der Waals surface area contributed by atoms with E-state index in [4.69, 9.17) is 0 Å². The molecule has 2 aliphatic rings. The Hall–Kier alpha value is -1.68. The largest absolute Gasteiger partial charge is 0.344 e. The molecule has 0 amide bonds. The van der Waals surface area contributed by atoms with Crippen LogP contribution < -0.4 is 6.15 Å². The van der Waals surface area contributed by atoms with Crippen LogP contribution in [0.2, 0.25) is 0 Å². The van der Waals surface area contributed by atoms with Crippen molar-refractivity contribution in [2.24, 2.45) is 5.92 Å². The van der Waals surface area contributed by atoms with Crippen molar-refractivity contribution < 1.29 is 0 Å².